The molecule has 94 valence electrons. The Labute approximate surface area is 116 Å². The molecule has 0 fully saturated rings. The van der Waals surface area contributed by atoms with Gasteiger partial charge in [-0.05, 0) is 21.5 Å². The van der Waals surface area contributed by atoms with Gasteiger partial charge in [-0.2, -0.15) is 0 Å². The van der Waals surface area contributed by atoms with Crippen LogP contribution in [0.15, 0.2) is 47.2 Å². The first-order valence-electron chi connectivity index (χ1n) is 5.85. The van der Waals surface area contributed by atoms with Crippen molar-refractivity contribution in [3.63, 3.8) is 0 Å². The molecule has 0 spiro atoms. The van der Waals surface area contributed by atoms with Crippen molar-refractivity contribution in [3.05, 3.63) is 52.8 Å². The predicted octanol–water partition coefficient (Wildman–Crippen LogP) is 3.63. The highest BCUT2D eigenvalue weighted by atomic mass is 79.9. The number of benzene rings is 1. The molecule has 1 aromatic carbocycles. The molecule has 0 amide bonds. The van der Waals surface area contributed by atoms with Crippen LogP contribution in [-0.2, 0) is 5.41 Å². The number of anilines is 1. The fourth-order valence-electron chi connectivity index (χ4n) is 1.69. The maximum atomic E-state index is 4.21. The number of nitrogens with one attached hydrogen (secondary N) is 1. The molecule has 0 aliphatic rings. The number of aromatic nitrogens is 2. The zero-order chi connectivity index (χ0) is 13.0. The molecule has 0 aliphatic carbocycles. The van der Waals surface area contributed by atoms with Gasteiger partial charge in [0.25, 0.3) is 0 Å². The maximum Gasteiger partial charge on any atom is 0.222 e. The summed E-state index contributed by atoms with van der Waals surface area (Å²) in [6, 6.07) is 10.4. The molecule has 3 nitrogen and oxygen atoms in total. The molecule has 4 heteroatoms. The van der Waals surface area contributed by atoms with Gasteiger partial charge in [0.15, 0.2) is 0 Å². The van der Waals surface area contributed by atoms with Crippen molar-refractivity contribution in [2.75, 3.05) is 11.9 Å². The maximum absolute atomic E-state index is 4.21. The van der Waals surface area contributed by atoms with Crippen LogP contribution in [0.25, 0.3) is 0 Å². The van der Waals surface area contributed by atoms with E-state index in [9.17, 15) is 0 Å². The quantitative estimate of drug-likeness (QED) is 0.937. The zero-order valence-corrected chi connectivity index (χ0v) is 12.1. The van der Waals surface area contributed by atoms with Crippen LogP contribution in [0.3, 0.4) is 0 Å². The first kappa shape index (κ1) is 13.0. The Morgan fingerprint density at radius 2 is 1.72 bits per heavy atom. The molecule has 0 saturated heterocycles. The van der Waals surface area contributed by atoms with Crippen molar-refractivity contribution < 1.29 is 0 Å². The van der Waals surface area contributed by atoms with Crippen molar-refractivity contribution in [3.8, 4) is 0 Å². The lowest BCUT2D eigenvalue weighted by molar-refractivity contribution is 0.555. The lowest BCUT2D eigenvalue weighted by atomic mass is 9.85. The number of halogens is 1. The number of nitrogens with zero attached hydrogens (tertiary/aromatic N) is 2. The van der Waals surface area contributed by atoms with Crippen molar-refractivity contribution in [1.29, 1.82) is 0 Å². The Kier molecular flexibility index (Phi) is 3.97. The van der Waals surface area contributed by atoms with Gasteiger partial charge in [0.1, 0.15) is 0 Å². The van der Waals surface area contributed by atoms with E-state index in [2.05, 4.69) is 69.3 Å². The molecule has 2 rings (SSSR count). The number of hydrogen-bond donors (Lipinski definition) is 1. The van der Waals surface area contributed by atoms with Gasteiger partial charge in [-0.25, -0.2) is 9.97 Å². The molecule has 0 bridgehead atoms. The lowest BCUT2D eigenvalue weighted by Gasteiger charge is -2.25. The standard InChI is InChI=1S/C14H16BrN3/c1-14(2,11-6-4-3-5-7-11)10-18-13-16-8-12(15)9-17-13/h3-9H,10H2,1-2H3,(H,16,17,18). The van der Waals surface area contributed by atoms with E-state index in [1.165, 1.54) is 5.56 Å². The Hall–Kier alpha value is -1.42. The summed E-state index contributed by atoms with van der Waals surface area (Å²) in [7, 11) is 0. The second kappa shape index (κ2) is 5.48. The van der Waals surface area contributed by atoms with Crippen LogP contribution >= 0.6 is 15.9 Å². The Morgan fingerprint density at radius 3 is 2.33 bits per heavy atom. The third-order valence-electron chi connectivity index (χ3n) is 2.86. The van der Waals surface area contributed by atoms with Crippen LogP contribution < -0.4 is 5.32 Å². The van der Waals surface area contributed by atoms with Crippen molar-refractivity contribution in [2.45, 2.75) is 19.3 Å². The van der Waals surface area contributed by atoms with Crippen LogP contribution in [0.5, 0.6) is 0 Å². The molecular weight excluding hydrogens is 290 g/mol. The molecule has 0 saturated carbocycles. The molecule has 1 heterocycles. The molecule has 0 aliphatic heterocycles. The van der Waals surface area contributed by atoms with Crippen LogP contribution in [0, 0.1) is 0 Å². The summed E-state index contributed by atoms with van der Waals surface area (Å²) in [5.41, 5.74) is 1.34. The normalized spacial score (nSPS) is 11.3. The van der Waals surface area contributed by atoms with Crippen molar-refractivity contribution in [1.82, 2.24) is 9.97 Å². The van der Waals surface area contributed by atoms with Gasteiger partial charge in [0.05, 0.1) is 4.47 Å². The van der Waals surface area contributed by atoms with Crippen molar-refractivity contribution >= 4 is 21.9 Å². The Bertz CT molecular complexity index is 494. The molecule has 1 N–H and O–H groups in total. The third kappa shape index (κ3) is 3.29. The smallest absolute Gasteiger partial charge is 0.222 e. The molecule has 0 radical (unpaired) electrons. The van der Waals surface area contributed by atoms with E-state index in [4.69, 9.17) is 0 Å². The SMILES string of the molecule is CC(C)(CNc1ncc(Br)cn1)c1ccccc1. The first-order chi connectivity index (χ1) is 8.58. The van der Waals surface area contributed by atoms with E-state index in [0.717, 1.165) is 11.0 Å². The number of rotatable bonds is 4. The van der Waals surface area contributed by atoms with Gasteiger partial charge in [-0.3, -0.25) is 0 Å². The highest BCUT2D eigenvalue weighted by molar-refractivity contribution is 9.10. The van der Waals surface area contributed by atoms with E-state index >= 15 is 0 Å². The highest BCUT2D eigenvalue weighted by Gasteiger charge is 2.20. The second-order valence-corrected chi connectivity index (χ2v) is 5.74. The largest absolute Gasteiger partial charge is 0.353 e. The monoisotopic (exact) mass is 305 g/mol. The summed E-state index contributed by atoms with van der Waals surface area (Å²) in [6.07, 6.45) is 3.48. The van der Waals surface area contributed by atoms with Crippen molar-refractivity contribution in [2.24, 2.45) is 0 Å². The zero-order valence-electron chi connectivity index (χ0n) is 10.5. The van der Waals surface area contributed by atoms with Crippen LogP contribution in [-0.4, -0.2) is 16.5 Å². The fourth-order valence-corrected chi connectivity index (χ4v) is 1.90. The van der Waals surface area contributed by atoms with E-state index in [0.29, 0.717) is 5.95 Å². The molecular formula is C14H16BrN3. The van der Waals surface area contributed by atoms with E-state index in [1.807, 2.05) is 6.07 Å². The molecule has 2 aromatic rings. The topological polar surface area (TPSA) is 37.8 Å². The minimum Gasteiger partial charge on any atom is -0.353 e. The summed E-state index contributed by atoms with van der Waals surface area (Å²) in [5.74, 6) is 0.655. The molecule has 1 aromatic heterocycles. The highest BCUT2D eigenvalue weighted by Crippen LogP contribution is 2.22. The third-order valence-corrected chi connectivity index (χ3v) is 3.27. The van der Waals surface area contributed by atoms with E-state index in [1.54, 1.807) is 12.4 Å². The van der Waals surface area contributed by atoms with Gasteiger partial charge in [-0.15, -0.1) is 0 Å². The fraction of sp³-hybridized carbons (Fsp3) is 0.286. The molecule has 18 heavy (non-hydrogen) atoms. The van der Waals surface area contributed by atoms with Gasteiger partial charge in [-0.1, -0.05) is 44.2 Å². The molecule has 0 unspecified atom stereocenters. The van der Waals surface area contributed by atoms with Gasteiger partial charge in [0.2, 0.25) is 5.95 Å². The average Bonchev–Trinajstić information content (AvgIpc) is 2.39. The minimum atomic E-state index is 0.0394. The Balaban J connectivity index is 2.03. The van der Waals surface area contributed by atoms with Gasteiger partial charge in [0, 0.05) is 24.4 Å². The van der Waals surface area contributed by atoms with E-state index < -0.39 is 0 Å². The average molecular weight is 306 g/mol. The first-order valence-corrected chi connectivity index (χ1v) is 6.64. The molecule has 0 atom stereocenters. The summed E-state index contributed by atoms with van der Waals surface area (Å²) in [6.45, 7) is 5.20. The second-order valence-electron chi connectivity index (χ2n) is 4.83. The van der Waals surface area contributed by atoms with Gasteiger partial charge >= 0.3 is 0 Å². The van der Waals surface area contributed by atoms with Crippen LogP contribution in [0.4, 0.5) is 5.95 Å². The summed E-state index contributed by atoms with van der Waals surface area (Å²) < 4.78 is 0.885. The summed E-state index contributed by atoms with van der Waals surface area (Å²) >= 11 is 3.32. The summed E-state index contributed by atoms with van der Waals surface area (Å²) in [4.78, 5) is 8.41. The van der Waals surface area contributed by atoms with Gasteiger partial charge < -0.3 is 5.32 Å². The minimum absolute atomic E-state index is 0.0394. The predicted molar refractivity (Wildman–Crippen MR) is 77.7 cm³/mol. The van der Waals surface area contributed by atoms with E-state index in [-0.39, 0.29) is 5.41 Å². The van der Waals surface area contributed by atoms with Crippen LogP contribution in [0.1, 0.15) is 19.4 Å². The summed E-state index contributed by atoms with van der Waals surface area (Å²) in [5, 5.41) is 3.27. The lowest BCUT2D eigenvalue weighted by Crippen LogP contribution is -2.28. The Morgan fingerprint density at radius 1 is 1.11 bits per heavy atom. The van der Waals surface area contributed by atoms with Crippen LogP contribution in [0.2, 0.25) is 0 Å². The number of hydrogen-bond acceptors (Lipinski definition) is 3.